The van der Waals surface area contributed by atoms with Crippen LogP contribution in [0, 0.1) is 11.8 Å². The van der Waals surface area contributed by atoms with Crippen molar-refractivity contribution in [2.45, 2.75) is 26.4 Å². The maximum atomic E-state index is 10.4. The van der Waals surface area contributed by atoms with E-state index >= 15 is 0 Å². The topological polar surface area (TPSA) is 55.5 Å². The van der Waals surface area contributed by atoms with Crippen LogP contribution in [0.1, 0.15) is 31.9 Å². The summed E-state index contributed by atoms with van der Waals surface area (Å²) in [5, 5.41) is 11.0. The smallest absolute Gasteiger partial charge is 0.124 e. The van der Waals surface area contributed by atoms with Gasteiger partial charge in [0.25, 0.3) is 0 Å². The third-order valence-corrected chi connectivity index (χ3v) is 3.27. The number of rotatable bonds is 6. The zero-order valence-electron chi connectivity index (χ0n) is 11.2. The Morgan fingerprint density at radius 1 is 1.39 bits per heavy atom. The molecule has 102 valence electrons. The van der Waals surface area contributed by atoms with Gasteiger partial charge in [-0.1, -0.05) is 25.4 Å². The van der Waals surface area contributed by atoms with E-state index in [-0.39, 0.29) is 5.92 Å². The lowest BCUT2D eigenvalue weighted by Gasteiger charge is -2.25. The highest BCUT2D eigenvalue weighted by Crippen LogP contribution is 2.34. The molecule has 0 aromatic heterocycles. The monoisotopic (exact) mass is 271 g/mol. The first-order valence-electron chi connectivity index (χ1n) is 6.21. The van der Waals surface area contributed by atoms with Gasteiger partial charge in [0.2, 0.25) is 0 Å². The Hall–Kier alpha value is -0.770. The van der Waals surface area contributed by atoms with Crippen molar-refractivity contribution in [2.75, 3.05) is 13.7 Å². The van der Waals surface area contributed by atoms with E-state index in [1.807, 2.05) is 0 Å². The molecule has 18 heavy (non-hydrogen) atoms. The number of hydrogen-bond donors (Lipinski definition) is 2. The van der Waals surface area contributed by atoms with Crippen LogP contribution in [0.25, 0.3) is 0 Å². The molecule has 0 amide bonds. The van der Waals surface area contributed by atoms with E-state index in [2.05, 4.69) is 13.8 Å². The van der Waals surface area contributed by atoms with Crippen LogP contribution in [0.2, 0.25) is 5.02 Å². The van der Waals surface area contributed by atoms with Gasteiger partial charge >= 0.3 is 0 Å². The molecule has 1 aromatic carbocycles. The van der Waals surface area contributed by atoms with Crippen molar-refractivity contribution < 1.29 is 9.84 Å². The largest absolute Gasteiger partial charge is 0.496 e. The molecule has 1 aromatic rings. The van der Waals surface area contributed by atoms with Gasteiger partial charge in [-0.2, -0.15) is 0 Å². The molecule has 0 spiro atoms. The van der Waals surface area contributed by atoms with Crippen LogP contribution < -0.4 is 10.5 Å². The van der Waals surface area contributed by atoms with Crippen molar-refractivity contribution in [1.29, 1.82) is 0 Å². The maximum Gasteiger partial charge on any atom is 0.124 e. The van der Waals surface area contributed by atoms with Gasteiger partial charge in [0.1, 0.15) is 5.75 Å². The van der Waals surface area contributed by atoms with Crippen molar-refractivity contribution in [3.8, 4) is 5.75 Å². The number of hydrogen-bond acceptors (Lipinski definition) is 3. The predicted molar refractivity (Wildman–Crippen MR) is 75.0 cm³/mol. The van der Waals surface area contributed by atoms with Gasteiger partial charge in [0.05, 0.1) is 13.2 Å². The number of methoxy groups -OCH3 is 1. The molecular formula is C14H22ClNO2. The summed E-state index contributed by atoms with van der Waals surface area (Å²) in [6.45, 7) is 4.67. The summed E-state index contributed by atoms with van der Waals surface area (Å²) < 4.78 is 5.26. The summed E-state index contributed by atoms with van der Waals surface area (Å²) in [6, 6.07) is 5.26. The van der Waals surface area contributed by atoms with Gasteiger partial charge in [-0.25, -0.2) is 0 Å². The summed E-state index contributed by atoms with van der Waals surface area (Å²) in [5.41, 5.74) is 6.46. The number of aliphatic hydroxyl groups excluding tert-OH is 1. The van der Waals surface area contributed by atoms with Crippen LogP contribution in [0.3, 0.4) is 0 Å². The number of benzene rings is 1. The molecule has 2 atom stereocenters. The molecule has 0 aliphatic rings. The Labute approximate surface area is 114 Å². The zero-order valence-corrected chi connectivity index (χ0v) is 11.9. The van der Waals surface area contributed by atoms with Crippen LogP contribution in [-0.4, -0.2) is 18.8 Å². The lowest BCUT2D eigenvalue weighted by atomic mass is 9.88. The van der Waals surface area contributed by atoms with Gasteiger partial charge in [-0.15, -0.1) is 0 Å². The van der Waals surface area contributed by atoms with E-state index in [1.54, 1.807) is 25.3 Å². The standard InChI is InChI=1S/C14H22ClNO2/c1-9(2)6-10(8-16)14(17)12-7-11(15)4-5-13(12)18-3/h4-5,7,9-10,14,17H,6,8,16H2,1-3H3. The predicted octanol–water partition coefficient (Wildman–Crippen LogP) is 3.00. The lowest BCUT2D eigenvalue weighted by molar-refractivity contribution is 0.0968. The first-order valence-corrected chi connectivity index (χ1v) is 6.59. The van der Waals surface area contributed by atoms with E-state index < -0.39 is 6.10 Å². The van der Waals surface area contributed by atoms with Gasteiger partial charge in [0, 0.05) is 16.5 Å². The Balaban J connectivity index is 2.99. The van der Waals surface area contributed by atoms with Crippen LogP contribution in [0.15, 0.2) is 18.2 Å². The minimum Gasteiger partial charge on any atom is -0.496 e. The third kappa shape index (κ3) is 3.87. The first-order chi connectivity index (χ1) is 8.49. The molecule has 0 saturated heterocycles. The molecule has 0 radical (unpaired) electrons. The van der Waals surface area contributed by atoms with Crippen molar-refractivity contribution in [3.63, 3.8) is 0 Å². The normalized spacial score (nSPS) is 14.6. The summed E-state index contributed by atoms with van der Waals surface area (Å²) in [6.07, 6.45) is 0.221. The number of ether oxygens (including phenoxy) is 1. The summed E-state index contributed by atoms with van der Waals surface area (Å²) in [5.74, 6) is 1.14. The highest BCUT2D eigenvalue weighted by Gasteiger charge is 2.23. The number of aliphatic hydroxyl groups is 1. The molecule has 4 heteroatoms. The van der Waals surface area contributed by atoms with Crippen LogP contribution >= 0.6 is 11.6 Å². The van der Waals surface area contributed by atoms with Gasteiger partial charge < -0.3 is 15.6 Å². The fourth-order valence-electron chi connectivity index (χ4n) is 2.15. The second-order valence-corrected chi connectivity index (χ2v) is 5.39. The van der Waals surface area contributed by atoms with E-state index in [0.717, 1.165) is 6.42 Å². The summed E-state index contributed by atoms with van der Waals surface area (Å²) >= 11 is 5.97. The molecule has 3 nitrogen and oxygen atoms in total. The molecule has 0 bridgehead atoms. The highest BCUT2D eigenvalue weighted by atomic mass is 35.5. The van der Waals surface area contributed by atoms with Gasteiger partial charge in [-0.05, 0) is 37.1 Å². The fraction of sp³-hybridized carbons (Fsp3) is 0.571. The van der Waals surface area contributed by atoms with Gasteiger partial charge in [0.15, 0.2) is 0 Å². The quantitative estimate of drug-likeness (QED) is 0.836. The van der Waals surface area contributed by atoms with Crippen molar-refractivity contribution >= 4 is 11.6 Å². The molecule has 0 aliphatic heterocycles. The Morgan fingerprint density at radius 2 is 2.06 bits per heavy atom. The molecule has 0 saturated carbocycles. The average Bonchev–Trinajstić information content (AvgIpc) is 2.34. The average molecular weight is 272 g/mol. The van der Waals surface area contributed by atoms with Crippen molar-refractivity contribution in [2.24, 2.45) is 17.6 Å². The summed E-state index contributed by atoms with van der Waals surface area (Å²) in [7, 11) is 1.58. The fourth-order valence-corrected chi connectivity index (χ4v) is 2.33. The van der Waals surface area contributed by atoms with Crippen molar-refractivity contribution in [3.05, 3.63) is 28.8 Å². The molecule has 0 aliphatic carbocycles. The van der Waals surface area contributed by atoms with Crippen LogP contribution in [0.4, 0.5) is 0 Å². The Bertz CT molecular complexity index is 382. The molecule has 3 N–H and O–H groups in total. The first kappa shape index (κ1) is 15.3. The minimum atomic E-state index is -0.647. The third-order valence-electron chi connectivity index (χ3n) is 3.03. The Kier molecular flexibility index (Phi) is 5.93. The minimum absolute atomic E-state index is 0.0115. The Morgan fingerprint density at radius 3 is 2.56 bits per heavy atom. The van der Waals surface area contributed by atoms with E-state index in [1.165, 1.54) is 0 Å². The van der Waals surface area contributed by atoms with E-state index in [9.17, 15) is 5.11 Å². The van der Waals surface area contributed by atoms with Crippen LogP contribution in [-0.2, 0) is 0 Å². The number of halogens is 1. The lowest BCUT2D eigenvalue weighted by Crippen LogP contribution is -2.24. The second kappa shape index (κ2) is 6.98. The zero-order chi connectivity index (χ0) is 13.7. The molecular weight excluding hydrogens is 250 g/mol. The van der Waals surface area contributed by atoms with Crippen LogP contribution in [0.5, 0.6) is 5.75 Å². The summed E-state index contributed by atoms with van der Waals surface area (Å²) in [4.78, 5) is 0. The molecule has 1 rings (SSSR count). The molecule has 0 heterocycles. The second-order valence-electron chi connectivity index (χ2n) is 4.96. The number of nitrogens with two attached hydrogens (primary N) is 1. The SMILES string of the molecule is COc1ccc(Cl)cc1C(O)C(CN)CC(C)C. The molecule has 2 unspecified atom stereocenters. The maximum absolute atomic E-state index is 10.4. The highest BCUT2D eigenvalue weighted by molar-refractivity contribution is 6.30. The molecule has 0 fully saturated rings. The van der Waals surface area contributed by atoms with Gasteiger partial charge in [-0.3, -0.25) is 0 Å². The van der Waals surface area contributed by atoms with Crippen molar-refractivity contribution in [1.82, 2.24) is 0 Å². The van der Waals surface area contributed by atoms with E-state index in [4.69, 9.17) is 22.1 Å². The van der Waals surface area contributed by atoms with E-state index in [0.29, 0.717) is 28.8 Å².